The Labute approximate surface area is 107 Å². The van der Waals surface area contributed by atoms with Crippen LogP contribution in [-0.4, -0.2) is 19.6 Å². The molecule has 2 rings (SSSR count). The van der Waals surface area contributed by atoms with Crippen molar-refractivity contribution in [2.24, 2.45) is 5.84 Å². The molecule has 1 atom stereocenters. The molecule has 0 bridgehead atoms. The normalized spacial score (nSPS) is 12.9. The van der Waals surface area contributed by atoms with Crippen LogP contribution in [0, 0.1) is 6.92 Å². The summed E-state index contributed by atoms with van der Waals surface area (Å²) >= 11 is 0. The van der Waals surface area contributed by atoms with Gasteiger partial charge in [-0.3, -0.25) is 15.2 Å². The van der Waals surface area contributed by atoms with Crippen LogP contribution in [0.1, 0.15) is 36.8 Å². The molecule has 0 aromatic carbocycles. The van der Waals surface area contributed by atoms with Crippen LogP contribution >= 0.6 is 0 Å². The van der Waals surface area contributed by atoms with Gasteiger partial charge in [0.1, 0.15) is 0 Å². The van der Waals surface area contributed by atoms with E-state index in [0.29, 0.717) is 0 Å². The van der Waals surface area contributed by atoms with Gasteiger partial charge in [0.15, 0.2) is 0 Å². The molecule has 0 spiro atoms. The minimum Gasteiger partial charge on any atom is -0.273 e. The summed E-state index contributed by atoms with van der Waals surface area (Å²) in [7, 11) is 0. The highest BCUT2D eigenvalue weighted by Crippen LogP contribution is 2.21. The topological polar surface area (TPSA) is 73.7 Å². The summed E-state index contributed by atoms with van der Waals surface area (Å²) in [5.74, 6) is 5.69. The van der Waals surface area contributed by atoms with Crippen molar-refractivity contribution in [1.29, 1.82) is 0 Å². The monoisotopic (exact) mass is 248 g/mol. The second-order valence-electron chi connectivity index (χ2n) is 4.26. The van der Waals surface area contributed by atoms with E-state index in [-0.39, 0.29) is 6.04 Å². The molecule has 3 N–H and O–H groups in total. The van der Waals surface area contributed by atoms with Crippen molar-refractivity contribution in [2.45, 2.75) is 39.9 Å². The highest BCUT2D eigenvalue weighted by atomic mass is 15.3. The highest BCUT2D eigenvalue weighted by molar-refractivity contribution is 5.25. The zero-order valence-electron chi connectivity index (χ0n) is 11.1. The Hall–Kier alpha value is -1.66. The van der Waals surface area contributed by atoms with E-state index in [4.69, 9.17) is 5.84 Å². The molecule has 0 saturated carbocycles. The van der Waals surface area contributed by atoms with E-state index >= 15 is 0 Å². The molecule has 2 aromatic rings. The van der Waals surface area contributed by atoms with Gasteiger partial charge in [-0.05, 0) is 26.8 Å². The Balaban J connectivity index is 2.37. The molecule has 0 fully saturated rings. The zero-order valence-corrected chi connectivity index (χ0v) is 11.1. The Morgan fingerprint density at radius 1 is 1.39 bits per heavy atom. The van der Waals surface area contributed by atoms with E-state index in [1.165, 1.54) is 0 Å². The number of hydrogen-bond acceptors (Lipinski definition) is 4. The van der Waals surface area contributed by atoms with Crippen LogP contribution in [0.4, 0.5) is 0 Å². The molecular formula is C12H20N6. The number of nitrogens with two attached hydrogens (primary N) is 1. The van der Waals surface area contributed by atoms with Crippen molar-refractivity contribution in [1.82, 2.24) is 25.0 Å². The van der Waals surface area contributed by atoms with Crippen LogP contribution in [-0.2, 0) is 13.1 Å². The van der Waals surface area contributed by atoms with Gasteiger partial charge in [0.2, 0.25) is 0 Å². The maximum atomic E-state index is 5.69. The molecule has 0 saturated heterocycles. The Kier molecular flexibility index (Phi) is 3.78. The first-order valence-electron chi connectivity index (χ1n) is 6.22. The summed E-state index contributed by atoms with van der Waals surface area (Å²) < 4.78 is 3.85. The average molecular weight is 248 g/mol. The van der Waals surface area contributed by atoms with Crippen LogP contribution in [0.5, 0.6) is 0 Å². The summed E-state index contributed by atoms with van der Waals surface area (Å²) in [5.41, 5.74) is 5.95. The number of rotatable bonds is 5. The zero-order chi connectivity index (χ0) is 13.1. The number of aromatic nitrogens is 4. The average Bonchev–Trinajstić information content (AvgIpc) is 2.97. The standard InChI is InChI=1S/C12H20N6/c1-4-17-8-10(7-14-17)12(15-13)11-6-9(3)16-18(11)5-2/h6-8,12,15H,4-5,13H2,1-3H3. The van der Waals surface area contributed by atoms with Crippen LogP contribution < -0.4 is 11.3 Å². The third kappa shape index (κ3) is 2.30. The highest BCUT2D eigenvalue weighted by Gasteiger charge is 2.19. The van der Waals surface area contributed by atoms with E-state index < -0.39 is 0 Å². The third-order valence-electron chi connectivity index (χ3n) is 3.01. The summed E-state index contributed by atoms with van der Waals surface area (Å²) in [6, 6.07) is 1.98. The van der Waals surface area contributed by atoms with Crippen molar-refractivity contribution >= 4 is 0 Å². The molecule has 6 nitrogen and oxygen atoms in total. The van der Waals surface area contributed by atoms with E-state index in [2.05, 4.69) is 35.5 Å². The van der Waals surface area contributed by atoms with Crippen LogP contribution in [0.15, 0.2) is 18.5 Å². The van der Waals surface area contributed by atoms with Crippen molar-refractivity contribution in [2.75, 3.05) is 0 Å². The van der Waals surface area contributed by atoms with E-state index in [9.17, 15) is 0 Å². The van der Waals surface area contributed by atoms with Crippen molar-refractivity contribution in [3.8, 4) is 0 Å². The van der Waals surface area contributed by atoms with Crippen LogP contribution in [0.2, 0.25) is 0 Å². The molecule has 0 aliphatic carbocycles. The van der Waals surface area contributed by atoms with E-state index in [0.717, 1.165) is 30.0 Å². The predicted octanol–water partition coefficient (Wildman–Crippen LogP) is 0.981. The van der Waals surface area contributed by atoms with Gasteiger partial charge in [-0.25, -0.2) is 5.43 Å². The van der Waals surface area contributed by atoms with Gasteiger partial charge in [0, 0.05) is 24.8 Å². The number of hydrogen-bond donors (Lipinski definition) is 2. The number of nitrogens with zero attached hydrogens (tertiary/aromatic N) is 4. The van der Waals surface area contributed by atoms with Gasteiger partial charge in [0.25, 0.3) is 0 Å². The van der Waals surface area contributed by atoms with Gasteiger partial charge in [-0.2, -0.15) is 10.2 Å². The largest absolute Gasteiger partial charge is 0.273 e. The van der Waals surface area contributed by atoms with Crippen molar-refractivity contribution in [3.05, 3.63) is 35.4 Å². The Morgan fingerprint density at radius 2 is 2.17 bits per heavy atom. The molecule has 2 aromatic heterocycles. The lowest BCUT2D eigenvalue weighted by molar-refractivity contribution is 0.541. The van der Waals surface area contributed by atoms with Gasteiger partial charge in [-0.1, -0.05) is 0 Å². The lowest BCUT2D eigenvalue weighted by Crippen LogP contribution is -2.30. The number of nitrogens with one attached hydrogen (secondary N) is 1. The van der Waals surface area contributed by atoms with Crippen LogP contribution in [0.3, 0.4) is 0 Å². The maximum absolute atomic E-state index is 5.69. The molecule has 0 aliphatic rings. The van der Waals surface area contributed by atoms with Gasteiger partial charge >= 0.3 is 0 Å². The summed E-state index contributed by atoms with van der Waals surface area (Å²) in [4.78, 5) is 0. The molecule has 2 heterocycles. The Morgan fingerprint density at radius 3 is 2.72 bits per heavy atom. The van der Waals surface area contributed by atoms with Gasteiger partial charge < -0.3 is 0 Å². The predicted molar refractivity (Wildman–Crippen MR) is 69.7 cm³/mol. The fourth-order valence-electron chi connectivity index (χ4n) is 2.11. The van der Waals surface area contributed by atoms with E-state index in [1.54, 1.807) is 0 Å². The molecule has 0 aliphatic heterocycles. The van der Waals surface area contributed by atoms with Gasteiger partial charge in [0.05, 0.1) is 23.6 Å². The smallest absolute Gasteiger partial charge is 0.0908 e. The minimum atomic E-state index is -0.0774. The molecule has 18 heavy (non-hydrogen) atoms. The van der Waals surface area contributed by atoms with Gasteiger partial charge in [-0.15, -0.1) is 0 Å². The summed E-state index contributed by atoms with van der Waals surface area (Å²) in [5, 5.41) is 8.73. The molecular weight excluding hydrogens is 228 g/mol. The molecule has 0 amide bonds. The Bertz CT molecular complexity index is 512. The quantitative estimate of drug-likeness (QED) is 0.611. The lowest BCUT2D eigenvalue weighted by Gasteiger charge is -2.15. The van der Waals surface area contributed by atoms with E-state index in [1.807, 2.05) is 28.7 Å². The first-order chi connectivity index (χ1) is 8.69. The second kappa shape index (κ2) is 5.32. The van der Waals surface area contributed by atoms with Crippen LogP contribution in [0.25, 0.3) is 0 Å². The number of hydrazine groups is 1. The molecule has 0 radical (unpaired) electrons. The first-order valence-corrected chi connectivity index (χ1v) is 6.22. The van der Waals surface area contributed by atoms with Crippen molar-refractivity contribution < 1.29 is 0 Å². The fourth-order valence-corrected chi connectivity index (χ4v) is 2.11. The minimum absolute atomic E-state index is 0.0774. The second-order valence-corrected chi connectivity index (χ2v) is 4.26. The SMILES string of the molecule is CCn1cc(C(NN)c2cc(C)nn2CC)cn1. The molecule has 1 unspecified atom stereocenters. The first kappa shape index (κ1) is 12.8. The molecule has 6 heteroatoms. The fraction of sp³-hybridized carbons (Fsp3) is 0.500. The maximum Gasteiger partial charge on any atom is 0.0908 e. The number of aryl methyl sites for hydroxylation is 3. The third-order valence-corrected chi connectivity index (χ3v) is 3.01. The van der Waals surface area contributed by atoms with Crippen molar-refractivity contribution in [3.63, 3.8) is 0 Å². The summed E-state index contributed by atoms with van der Waals surface area (Å²) in [6.07, 6.45) is 3.85. The lowest BCUT2D eigenvalue weighted by atomic mass is 10.1. The summed E-state index contributed by atoms with van der Waals surface area (Å²) in [6.45, 7) is 7.78. The molecule has 98 valence electrons.